The van der Waals surface area contributed by atoms with Crippen molar-refractivity contribution in [2.75, 3.05) is 6.54 Å². The number of aryl methyl sites for hydroxylation is 1. The zero-order valence-corrected chi connectivity index (χ0v) is 18.6. The minimum absolute atomic E-state index is 0.0874. The SMILES string of the molecule is Cc1cc(COc2ncc(C(=O)NCC3CCCCC3O)cc2-c2ccc(Cl)cc2)on1. The molecule has 0 bridgehead atoms. The number of aliphatic hydroxyl groups excluding tert-OH is 1. The number of amides is 1. The highest BCUT2D eigenvalue weighted by Gasteiger charge is 2.24. The summed E-state index contributed by atoms with van der Waals surface area (Å²) in [5, 5.41) is 17.6. The minimum atomic E-state index is -0.359. The summed E-state index contributed by atoms with van der Waals surface area (Å²) in [4.78, 5) is 17.2. The van der Waals surface area contributed by atoms with Crippen molar-refractivity contribution in [2.45, 2.75) is 45.3 Å². The zero-order valence-electron chi connectivity index (χ0n) is 17.9. The summed E-state index contributed by atoms with van der Waals surface area (Å²) in [6, 6.07) is 10.8. The van der Waals surface area contributed by atoms with Gasteiger partial charge in [0.25, 0.3) is 5.91 Å². The molecule has 2 unspecified atom stereocenters. The Kier molecular flexibility index (Phi) is 7.07. The van der Waals surface area contributed by atoms with E-state index >= 15 is 0 Å². The summed E-state index contributed by atoms with van der Waals surface area (Å²) in [6.07, 6.45) is 4.96. The third-order valence-electron chi connectivity index (χ3n) is 5.69. The summed E-state index contributed by atoms with van der Waals surface area (Å²) >= 11 is 6.04. The number of ether oxygens (including phenoxy) is 1. The molecule has 2 N–H and O–H groups in total. The summed E-state index contributed by atoms with van der Waals surface area (Å²) in [7, 11) is 0. The summed E-state index contributed by atoms with van der Waals surface area (Å²) in [6.45, 7) is 2.45. The molecular weight excluding hydrogens is 430 g/mol. The van der Waals surface area contributed by atoms with Crippen LogP contribution in [0.25, 0.3) is 11.1 Å². The number of carbonyl (C=O) groups is 1. The molecule has 0 aliphatic heterocycles. The van der Waals surface area contributed by atoms with Gasteiger partial charge in [0.1, 0.15) is 0 Å². The first-order chi connectivity index (χ1) is 15.5. The average Bonchev–Trinajstić information content (AvgIpc) is 3.22. The van der Waals surface area contributed by atoms with Gasteiger partial charge in [-0.1, -0.05) is 41.7 Å². The number of hydrogen-bond donors (Lipinski definition) is 2. The number of aromatic nitrogens is 2. The molecule has 2 heterocycles. The first kappa shape index (κ1) is 22.3. The van der Waals surface area contributed by atoms with Crippen molar-refractivity contribution < 1.29 is 19.2 Å². The van der Waals surface area contributed by atoms with Gasteiger partial charge in [0.2, 0.25) is 5.88 Å². The second-order valence-corrected chi connectivity index (χ2v) is 8.57. The molecule has 1 saturated carbocycles. The first-order valence-electron chi connectivity index (χ1n) is 10.8. The molecule has 2 atom stereocenters. The summed E-state index contributed by atoms with van der Waals surface area (Å²) < 4.78 is 11.1. The van der Waals surface area contributed by atoms with Crippen LogP contribution in [0.5, 0.6) is 5.88 Å². The van der Waals surface area contributed by atoms with Crippen molar-refractivity contribution in [3.8, 4) is 17.0 Å². The molecule has 8 heteroatoms. The van der Waals surface area contributed by atoms with Gasteiger partial charge in [-0.05, 0) is 43.5 Å². The van der Waals surface area contributed by atoms with Crippen LogP contribution in [0.1, 0.15) is 47.5 Å². The Bertz CT molecular complexity index is 1070. The second kappa shape index (κ2) is 10.1. The van der Waals surface area contributed by atoms with Gasteiger partial charge in [0, 0.05) is 35.3 Å². The van der Waals surface area contributed by atoms with Gasteiger partial charge in [0.15, 0.2) is 12.4 Å². The lowest BCUT2D eigenvalue weighted by Crippen LogP contribution is -2.36. The standard InChI is InChI=1S/C24H26ClN3O4/c1-15-10-20(32-28-15)14-31-24-21(16-6-8-19(25)9-7-16)11-18(13-27-24)23(30)26-12-17-4-2-3-5-22(17)29/h6-11,13,17,22,29H,2-5,12,14H2,1H3,(H,26,30). The number of hydrogen-bond acceptors (Lipinski definition) is 6. The third-order valence-corrected chi connectivity index (χ3v) is 5.94. The lowest BCUT2D eigenvalue weighted by atomic mass is 9.86. The van der Waals surface area contributed by atoms with Crippen molar-refractivity contribution >= 4 is 17.5 Å². The van der Waals surface area contributed by atoms with Crippen LogP contribution in [0, 0.1) is 12.8 Å². The maximum Gasteiger partial charge on any atom is 0.252 e. The fourth-order valence-electron chi connectivity index (χ4n) is 3.90. The van der Waals surface area contributed by atoms with Crippen LogP contribution in [0.4, 0.5) is 0 Å². The molecule has 0 radical (unpaired) electrons. The van der Waals surface area contributed by atoms with Gasteiger partial charge < -0.3 is 19.7 Å². The van der Waals surface area contributed by atoms with Gasteiger partial charge in [-0.2, -0.15) is 0 Å². The van der Waals surface area contributed by atoms with E-state index in [1.165, 1.54) is 6.20 Å². The Balaban J connectivity index is 1.53. The van der Waals surface area contributed by atoms with Crippen LogP contribution in [-0.4, -0.2) is 33.8 Å². The van der Waals surface area contributed by atoms with Gasteiger partial charge in [-0.25, -0.2) is 4.98 Å². The van der Waals surface area contributed by atoms with E-state index in [1.54, 1.807) is 24.3 Å². The third kappa shape index (κ3) is 5.47. The zero-order chi connectivity index (χ0) is 22.5. The Morgan fingerprint density at radius 2 is 2.03 bits per heavy atom. The van der Waals surface area contributed by atoms with Crippen LogP contribution in [0.15, 0.2) is 47.1 Å². The van der Waals surface area contributed by atoms with E-state index in [-0.39, 0.29) is 24.5 Å². The molecule has 2 aromatic heterocycles. The molecule has 0 spiro atoms. The quantitative estimate of drug-likeness (QED) is 0.542. The van der Waals surface area contributed by atoms with Gasteiger partial charge in [-0.15, -0.1) is 0 Å². The molecule has 4 rings (SSSR count). The molecule has 1 aliphatic carbocycles. The minimum Gasteiger partial charge on any atom is -0.469 e. The van der Waals surface area contributed by atoms with E-state index in [9.17, 15) is 9.90 Å². The Labute approximate surface area is 191 Å². The lowest BCUT2D eigenvalue weighted by molar-refractivity contribution is 0.0663. The van der Waals surface area contributed by atoms with E-state index in [0.29, 0.717) is 34.3 Å². The summed E-state index contributed by atoms with van der Waals surface area (Å²) in [5.74, 6) is 0.812. The number of benzene rings is 1. The van der Waals surface area contributed by atoms with Crippen LogP contribution in [0.2, 0.25) is 5.02 Å². The number of pyridine rings is 1. The van der Waals surface area contributed by atoms with E-state index in [0.717, 1.165) is 36.9 Å². The van der Waals surface area contributed by atoms with Crippen LogP contribution >= 0.6 is 11.6 Å². The van der Waals surface area contributed by atoms with Gasteiger partial charge in [-0.3, -0.25) is 4.79 Å². The largest absolute Gasteiger partial charge is 0.469 e. The highest BCUT2D eigenvalue weighted by Crippen LogP contribution is 2.31. The van der Waals surface area contributed by atoms with Gasteiger partial charge in [0.05, 0.1) is 17.4 Å². The summed E-state index contributed by atoms with van der Waals surface area (Å²) in [5.41, 5.74) is 2.68. The molecule has 32 heavy (non-hydrogen) atoms. The molecule has 1 aromatic carbocycles. The number of aliphatic hydroxyl groups is 1. The Morgan fingerprint density at radius 1 is 1.25 bits per heavy atom. The monoisotopic (exact) mass is 455 g/mol. The number of nitrogens with zero attached hydrogens (tertiary/aromatic N) is 2. The first-order valence-corrected chi connectivity index (χ1v) is 11.1. The number of halogens is 1. The maximum atomic E-state index is 12.8. The van der Waals surface area contributed by atoms with E-state index in [2.05, 4.69) is 15.5 Å². The highest BCUT2D eigenvalue weighted by atomic mass is 35.5. The fourth-order valence-corrected chi connectivity index (χ4v) is 4.03. The average molecular weight is 456 g/mol. The molecule has 1 fully saturated rings. The molecule has 3 aromatic rings. The predicted molar refractivity (Wildman–Crippen MR) is 121 cm³/mol. The van der Waals surface area contributed by atoms with Crippen LogP contribution in [0.3, 0.4) is 0 Å². The molecule has 168 valence electrons. The topological polar surface area (TPSA) is 97.5 Å². The molecule has 1 amide bonds. The second-order valence-electron chi connectivity index (χ2n) is 8.13. The van der Waals surface area contributed by atoms with E-state index < -0.39 is 0 Å². The fraction of sp³-hybridized carbons (Fsp3) is 0.375. The predicted octanol–water partition coefficient (Wildman–Crippen LogP) is 4.56. The molecule has 7 nitrogen and oxygen atoms in total. The van der Waals surface area contributed by atoms with E-state index in [4.69, 9.17) is 20.9 Å². The Hall–Kier alpha value is -2.90. The maximum absolute atomic E-state index is 12.8. The van der Waals surface area contributed by atoms with Crippen molar-refractivity contribution in [3.63, 3.8) is 0 Å². The normalized spacial score (nSPS) is 18.3. The van der Waals surface area contributed by atoms with Crippen molar-refractivity contribution in [2.24, 2.45) is 5.92 Å². The number of rotatable bonds is 7. The lowest BCUT2D eigenvalue weighted by Gasteiger charge is -2.27. The molecule has 0 saturated heterocycles. The van der Waals surface area contributed by atoms with Crippen molar-refractivity contribution in [3.05, 3.63) is 64.6 Å². The molecule has 1 aliphatic rings. The molecular formula is C24H26ClN3O4. The van der Waals surface area contributed by atoms with E-state index in [1.807, 2.05) is 19.1 Å². The van der Waals surface area contributed by atoms with Gasteiger partial charge >= 0.3 is 0 Å². The number of carbonyl (C=O) groups excluding carboxylic acids is 1. The van der Waals surface area contributed by atoms with Crippen molar-refractivity contribution in [1.82, 2.24) is 15.5 Å². The number of nitrogens with one attached hydrogen (secondary N) is 1. The van der Waals surface area contributed by atoms with Crippen LogP contribution < -0.4 is 10.1 Å². The van der Waals surface area contributed by atoms with Crippen molar-refractivity contribution in [1.29, 1.82) is 0 Å². The van der Waals surface area contributed by atoms with Crippen LogP contribution in [-0.2, 0) is 6.61 Å². The smallest absolute Gasteiger partial charge is 0.252 e. The Morgan fingerprint density at radius 3 is 2.75 bits per heavy atom. The highest BCUT2D eigenvalue weighted by molar-refractivity contribution is 6.30.